The maximum atomic E-state index is 12.8. The fourth-order valence-electron chi connectivity index (χ4n) is 2.71. The molecular formula is C16H23N3O5S. The second-order valence-corrected chi connectivity index (χ2v) is 7.78. The number of primary amides is 1. The van der Waals surface area contributed by atoms with Gasteiger partial charge in [-0.2, -0.15) is 4.31 Å². The highest BCUT2D eigenvalue weighted by Gasteiger charge is 2.31. The molecular weight excluding hydrogens is 346 g/mol. The summed E-state index contributed by atoms with van der Waals surface area (Å²) in [7, 11) is -2.28. The van der Waals surface area contributed by atoms with Crippen LogP contribution in [0.4, 0.5) is 5.69 Å². The lowest BCUT2D eigenvalue weighted by molar-refractivity contribution is -0.122. The summed E-state index contributed by atoms with van der Waals surface area (Å²) in [6.45, 7) is 2.17. The maximum absolute atomic E-state index is 12.8. The molecule has 0 unspecified atom stereocenters. The van der Waals surface area contributed by atoms with Gasteiger partial charge in [0.15, 0.2) is 0 Å². The van der Waals surface area contributed by atoms with E-state index in [-0.39, 0.29) is 36.2 Å². The predicted octanol–water partition coefficient (Wildman–Crippen LogP) is 0.930. The zero-order chi connectivity index (χ0) is 18.6. The second-order valence-electron chi connectivity index (χ2n) is 5.84. The third-order valence-electron chi connectivity index (χ3n) is 4.26. The predicted molar refractivity (Wildman–Crippen MR) is 92.6 cm³/mol. The van der Waals surface area contributed by atoms with Crippen LogP contribution in [0, 0.1) is 5.92 Å². The molecule has 8 nitrogen and oxygen atoms in total. The maximum Gasteiger partial charge on any atom is 0.243 e. The molecule has 0 bridgehead atoms. The number of hydrogen-bond acceptors (Lipinski definition) is 5. The quantitative estimate of drug-likeness (QED) is 0.773. The van der Waals surface area contributed by atoms with Gasteiger partial charge in [0.2, 0.25) is 21.8 Å². The van der Waals surface area contributed by atoms with E-state index in [1.165, 1.54) is 29.6 Å². The number of hydrogen-bond donors (Lipinski definition) is 2. The highest BCUT2D eigenvalue weighted by atomic mass is 32.2. The van der Waals surface area contributed by atoms with Crippen LogP contribution in [0.1, 0.15) is 26.2 Å². The largest absolute Gasteiger partial charge is 0.495 e. The Morgan fingerprint density at radius 3 is 2.48 bits per heavy atom. The van der Waals surface area contributed by atoms with Crippen LogP contribution in [0.3, 0.4) is 0 Å². The number of rotatable bonds is 6. The SMILES string of the molecule is CCC(=O)Nc1cc(S(=O)(=O)N2CCC(C(N)=O)CC2)ccc1OC. The average Bonchev–Trinajstić information content (AvgIpc) is 2.61. The van der Waals surface area contributed by atoms with Gasteiger partial charge in [-0.1, -0.05) is 6.92 Å². The number of nitrogens with one attached hydrogen (secondary N) is 1. The lowest BCUT2D eigenvalue weighted by Gasteiger charge is -2.29. The molecule has 2 rings (SSSR count). The zero-order valence-electron chi connectivity index (χ0n) is 14.3. The monoisotopic (exact) mass is 369 g/mol. The molecule has 1 aromatic carbocycles. The molecule has 1 aromatic rings. The van der Waals surface area contributed by atoms with Crippen molar-refractivity contribution in [1.82, 2.24) is 4.31 Å². The first kappa shape index (κ1) is 19.2. The Morgan fingerprint density at radius 1 is 1.32 bits per heavy atom. The van der Waals surface area contributed by atoms with Crippen molar-refractivity contribution in [2.45, 2.75) is 31.1 Å². The van der Waals surface area contributed by atoms with E-state index in [9.17, 15) is 18.0 Å². The van der Waals surface area contributed by atoms with Crippen molar-refractivity contribution in [3.05, 3.63) is 18.2 Å². The van der Waals surface area contributed by atoms with Gasteiger partial charge in [-0.05, 0) is 31.0 Å². The summed E-state index contributed by atoms with van der Waals surface area (Å²) < 4.78 is 32.2. The van der Waals surface area contributed by atoms with E-state index in [2.05, 4.69) is 5.32 Å². The molecule has 0 aliphatic carbocycles. The molecule has 1 heterocycles. The van der Waals surface area contributed by atoms with Crippen molar-refractivity contribution in [2.24, 2.45) is 11.7 Å². The number of carbonyl (C=O) groups is 2. The lowest BCUT2D eigenvalue weighted by Crippen LogP contribution is -2.41. The number of nitrogens with two attached hydrogens (primary N) is 1. The molecule has 25 heavy (non-hydrogen) atoms. The third-order valence-corrected chi connectivity index (χ3v) is 6.15. The van der Waals surface area contributed by atoms with Crippen molar-refractivity contribution in [3.8, 4) is 5.75 Å². The van der Waals surface area contributed by atoms with Gasteiger partial charge < -0.3 is 15.8 Å². The first-order valence-electron chi connectivity index (χ1n) is 8.07. The summed E-state index contributed by atoms with van der Waals surface area (Å²) in [4.78, 5) is 22.9. The van der Waals surface area contributed by atoms with E-state index in [1.807, 2.05) is 0 Å². The third kappa shape index (κ3) is 4.29. The molecule has 2 amide bonds. The second kappa shape index (κ2) is 7.83. The molecule has 0 saturated carbocycles. The molecule has 3 N–H and O–H groups in total. The van der Waals surface area contributed by atoms with E-state index in [0.29, 0.717) is 24.3 Å². The van der Waals surface area contributed by atoms with Crippen LogP contribution < -0.4 is 15.8 Å². The Labute approximate surface area is 147 Å². The molecule has 1 aliphatic heterocycles. The number of methoxy groups -OCH3 is 1. The average molecular weight is 369 g/mol. The Bertz CT molecular complexity index is 755. The van der Waals surface area contributed by atoms with Gasteiger partial charge in [0.1, 0.15) is 5.75 Å². The van der Waals surface area contributed by atoms with Gasteiger partial charge >= 0.3 is 0 Å². The smallest absolute Gasteiger partial charge is 0.243 e. The first-order valence-corrected chi connectivity index (χ1v) is 9.51. The van der Waals surface area contributed by atoms with E-state index in [0.717, 1.165) is 0 Å². The van der Waals surface area contributed by atoms with Crippen molar-refractivity contribution in [2.75, 3.05) is 25.5 Å². The highest BCUT2D eigenvalue weighted by molar-refractivity contribution is 7.89. The number of sulfonamides is 1. The molecule has 0 spiro atoms. The molecule has 1 fully saturated rings. The van der Waals surface area contributed by atoms with Crippen LogP contribution in [-0.4, -0.2) is 44.7 Å². The van der Waals surface area contributed by atoms with Crippen molar-refractivity contribution in [3.63, 3.8) is 0 Å². The summed E-state index contributed by atoms with van der Waals surface area (Å²) in [5, 5.41) is 2.64. The van der Waals surface area contributed by atoms with Crippen molar-refractivity contribution >= 4 is 27.5 Å². The highest BCUT2D eigenvalue weighted by Crippen LogP contribution is 2.30. The van der Waals surface area contributed by atoms with Gasteiger partial charge in [-0.15, -0.1) is 0 Å². The Kier molecular flexibility index (Phi) is 6.02. The normalized spacial score (nSPS) is 16.4. The lowest BCUT2D eigenvalue weighted by atomic mass is 9.98. The number of ether oxygens (including phenoxy) is 1. The minimum Gasteiger partial charge on any atom is -0.495 e. The Balaban J connectivity index is 2.26. The van der Waals surface area contributed by atoms with Gasteiger partial charge in [-0.3, -0.25) is 9.59 Å². The molecule has 0 atom stereocenters. The molecule has 0 radical (unpaired) electrons. The summed E-state index contributed by atoms with van der Waals surface area (Å²) in [5.74, 6) is -0.545. The van der Waals surface area contributed by atoms with E-state index >= 15 is 0 Å². The van der Waals surface area contributed by atoms with Crippen LogP contribution in [0.5, 0.6) is 5.75 Å². The molecule has 9 heteroatoms. The fourth-order valence-corrected chi connectivity index (χ4v) is 4.21. The van der Waals surface area contributed by atoms with Crippen LogP contribution in [0.25, 0.3) is 0 Å². The topological polar surface area (TPSA) is 119 Å². The standard InChI is InChI=1S/C16H23N3O5S/c1-3-15(20)18-13-10-12(4-5-14(13)24-2)25(22,23)19-8-6-11(7-9-19)16(17)21/h4-5,10-11H,3,6-9H2,1-2H3,(H2,17,21)(H,18,20). The van der Waals surface area contributed by atoms with Crippen LogP contribution >= 0.6 is 0 Å². The molecule has 138 valence electrons. The van der Waals surface area contributed by atoms with Crippen molar-refractivity contribution in [1.29, 1.82) is 0 Å². The molecule has 1 aliphatic rings. The van der Waals surface area contributed by atoms with Crippen LogP contribution in [-0.2, 0) is 19.6 Å². The number of nitrogens with zero attached hydrogens (tertiary/aromatic N) is 1. The summed E-state index contributed by atoms with van der Waals surface area (Å²) in [6.07, 6.45) is 1.08. The minimum absolute atomic E-state index is 0.0669. The van der Waals surface area contributed by atoms with E-state index in [1.54, 1.807) is 6.92 Å². The van der Waals surface area contributed by atoms with Gasteiger partial charge in [0, 0.05) is 25.4 Å². The number of amides is 2. The van der Waals surface area contributed by atoms with Crippen LogP contribution in [0.15, 0.2) is 23.1 Å². The van der Waals surface area contributed by atoms with Crippen molar-refractivity contribution < 1.29 is 22.7 Å². The Hall–Kier alpha value is -2.13. The van der Waals surface area contributed by atoms with E-state index in [4.69, 9.17) is 10.5 Å². The molecule has 0 aromatic heterocycles. The van der Waals surface area contributed by atoms with Crippen LogP contribution in [0.2, 0.25) is 0 Å². The minimum atomic E-state index is -3.73. The Morgan fingerprint density at radius 2 is 1.96 bits per heavy atom. The summed E-state index contributed by atoms with van der Waals surface area (Å²) in [5.41, 5.74) is 5.59. The fraction of sp³-hybridized carbons (Fsp3) is 0.500. The summed E-state index contributed by atoms with van der Waals surface area (Å²) in [6, 6.07) is 4.34. The van der Waals surface area contributed by atoms with Gasteiger partial charge in [0.05, 0.1) is 17.7 Å². The molecule has 1 saturated heterocycles. The number of benzene rings is 1. The van der Waals surface area contributed by atoms with Gasteiger partial charge in [-0.25, -0.2) is 8.42 Å². The number of carbonyl (C=O) groups excluding carboxylic acids is 2. The van der Waals surface area contributed by atoms with E-state index < -0.39 is 15.9 Å². The zero-order valence-corrected chi connectivity index (χ0v) is 15.1. The first-order chi connectivity index (χ1) is 11.8. The number of piperidine rings is 1. The number of anilines is 1. The van der Waals surface area contributed by atoms with Gasteiger partial charge in [0.25, 0.3) is 0 Å². The summed E-state index contributed by atoms with van der Waals surface area (Å²) >= 11 is 0.